The van der Waals surface area contributed by atoms with Gasteiger partial charge in [-0.2, -0.15) is 0 Å². The first-order chi connectivity index (χ1) is 33.5. The van der Waals surface area contributed by atoms with Gasteiger partial charge < -0.3 is 47.6 Å². The standard InChI is InChI=1S/C53H88O18S.Na/c1-15-45(55)67-41(20-19-37(10)52(60)64-14)39(12)51(66-40(13)54)43(68-47(57)23-31(2)3)28-38(11)50(69-48(58)24-32(4)5)44-26-35(8)30-53(71-44)29-34(7)25-42(70-53)49(59)36(9)18-16-17-33(6)27-46(56)65-21-22-72(61,62)63;/h18-19,31-35,38-39,41-44,49-51,59H,15-17,20-30H2,1-14H3,(H,61,62,63);/q;+1/p-1/b36-18+,37-19+;/t33?,34-,35+,38?,39?,41?,42+,43?,44+,49?,50?,51?,53+;/m0./s1. The Morgan fingerprint density at radius 3 is 1.85 bits per heavy atom. The van der Waals surface area contributed by atoms with Gasteiger partial charge in [-0.05, 0) is 87.0 Å². The van der Waals surface area contributed by atoms with Gasteiger partial charge in [-0.25, -0.2) is 13.2 Å². The third-order valence-corrected chi connectivity index (χ3v) is 13.8. The monoisotopic (exact) mass is 1070 g/mol. The molecule has 2 rings (SSSR count). The van der Waals surface area contributed by atoms with Gasteiger partial charge in [-0.15, -0.1) is 0 Å². The fourth-order valence-electron chi connectivity index (χ4n) is 9.56. The molecule has 414 valence electrons. The number of esters is 6. The summed E-state index contributed by atoms with van der Waals surface area (Å²) in [5.41, 5.74) is 0.943. The molecule has 0 saturated carbocycles. The molecule has 2 fully saturated rings. The number of carbonyl (C=O) groups is 6. The molecule has 1 spiro atoms. The molecule has 0 aromatic carbocycles. The van der Waals surface area contributed by atoms with Gasteiger partial charge in [0.2, 0.25) is 0 Å². The van der Waals surface area contributed by atoms with Gasteiger partial charge in [0.25, 0.3) is 0 Å². The molecule has 2 saturated heterocycles. The SMILES string of the molecule is CCC(=O)OC(C/C=C(\C)C(=O)OC)C(C)C(OC(C)=O)C(CC(C)C(OC(=O)CC(C)C)[C@H]1C[C@@H](C)C[C@@]2(C[C@@H](C)C[C@H](C(O)/C(C)=C/CCC(C)CC(=O)OCCS(=O)(=O)[O-])O2)O1)OC(=O)CC(C)C.[Na+]. The summed E-state index contributed by atoms with van der Waals surface area (Å²) in [6.07, 6.45) is 0.348. The van der Waals surface area contributed by atoms with Gasteiger partial charge in [0.05, 0.1) is 35.2 Å². The zero-order valence-corrected chi connectivity index (χ0v) is 49.2. The third-order valence-electron chi connectivity index (χ3n) is 13.1. The summed E-state index contributed by atoms with van der Waals surface area (Å²) in [6.45, 7) is 22.9. The maximum Gasteiger partial charge on any atom is 1.00 e. The minimum absolute atomic E-state index is 0. The molecule has 2 heterocycles. The summed E-state index contributed by atoms with van der Waals surface area (Å²) in [5.74, 6) is -6.91. The van der Waals surface area contributed by atoms with Crippen LogP contribution in [0.5, 0.6) is 0 Å². The Kier molecular flexibility index (Phi) is 30.4. The Bertz CT molecular complexity index is 1950. The van der Waals surface area contributed by atoms with E-state index in [-0.39, 0.29) is 103 Å². The number of aliphatic hydroxyl groups is 1. The number of allylic oxidation sites excluding steroid dienone is 1. The van der Waals surface area contributed by atoms with Gasteiger partial charge in [0.15, 0.2) is 5.79 Å². The molecule has 8 unspecified atom stereocenters. The Morgan fingerprint density at radius 1 is 0.767 bits per heavy atom. The van der Waals surface area contributed by atoms with Crippen molar-refractivity contribution in [2.24, 2.45) is 41.4 Å². The van der Waals surface area contributed by atoms with Crippen molar-refractivity contribution in [3.8, 4) is 0 Å². The second-order valence-corrected chi connectivity index (χ2v) is 22.9. The second kappa shape index (κ2) is 32.6. The maximum absolute atomic E-state index is 13.7. The molecule has 1 N–H and O–H groups in total. The number of hydrogen-bond acceptors (Lipinski definition) is 18. The molecule has 2 aliphatic heterocycles. The van der Waals surface area contributed by atoms with Crippen LogP contribution in [0.2, 0.25) is 0 Å². The molecule has 20 heteroatoms. The van der Waals surface area contributed by atoms with Crippen LogP contribution >= 0.6 is 0 Å². The van der Waals surface area contributed by atoms with E-state index in [1.165, 1.54) is 14.0 Å². The van der Waals surface area contributed by atoms with Crippen LogP contribution in [0.25, 0.3) is 0 Å². The number of hydrogen-bond donors (Lipinski definition) is 1. The molecule has 18 nitrogen and oxygen atoms in total. The van der Waals surface area contributed by atoms with Crippen molar-refractivity contribution in [3.63, 3.8) is 0 Å². The van der Waals surface area contributed by atoms with E-state index in [4.69, 9.17) is 37.9 Å². The van der Waals surface area contributed by atoms with E-state index in [0.29, 0.717) is 44.1 Å². The summed E-state index contributed by atoms with van der Waals surface area (Å²) in [7, 11) is -3.24. The van der Waals surface area contributed by atoms with Crippen LogP contribution in [-0.2, 0) is 76.8 Å². The van der Waals surface area contributed by atoms with Crippen molar-refractivity contribution in [2.45, 2.75) is 216 Å². The Morgan fingerprint density at radius 2 is 1.32 bits per heavy atom. The van der Waals surface area contributed by atoms with Crippen LogP contribution in [0, 0.1) is 41.4 Å². The van der Waals surface area contributed by atoms with E-state index in [9.17, 15) is 46.8 Å². The summed E-state index contributed by atoms with van der Waals surface area (Å²) >= 11 is 0. The van der Waals surface area contributed by atoms with Gasteiger partial charge in [-0.1, -0.05) is 81.4 Å². The van der Waals surface area contributed by atoms with Gasteiger partial charge in [0, 0.05) is 63.4 Å². The van der Waals surface area contributed by atoms with Crippen LogP contribution < -0.4 is 29.6 Å². The quantitative estimate of drug-likeness (QED) is 0.0262. The first-order valence-corrected chi connectivity index (χ1v) is 27.4. The number of carbonyl (C=O) groups excluding carboxylic acids is 6. The minimum atomic E-state index is -4.50. The van der Waals surface area contributed by atoms with E-state index >= 15 is 0 Å². The topological polar surface area (TPSA) is 254 Å². The fourth-order valence-corrected chi connectivity index (χ4v) is 9.84. The summed E-state index contributed by atoms with van der Waals surface area (Å²) in [6, 6.07) is 0. The van der Waals surface area contributed by atoms with Crippen molar-refractivity contribution in [2.75, 3.05) is 19.5 Å². The molecular weight excluding hydrogens is 980 g/mol. The number of methoxy groups -OCH3 is 1. The van der Waals surface area contributed by atoms with Crippen molar-refractivity contribution < 1.29 is 114 Å². The van der Waals surface area contributed by atoms with E-state index in [0.717, 1.165) is 0 Å². The van der Waals surface area contributed by atoms with E-state index in [2.05, 4.69) is 13.8 Å². The van der Waals surface area contributed by atoms with Gasteiger partial charge >= 0.3 is 65.4 Å². The van der Waals surface area contributed by atoms with E-state index in [1.807, 2.05) is 54.5 Å². The molecule has 2 aliphatic rings. The van der Waals surface area contributed by atoms with Crippen molar-refractivity contribution in [3.05, 3.63) is 23.3 Å². The molecule has 13 atom stereocenters. The van der Waals surface area contributed by atoms with Crippen LogP contribution in [0.4, 0.5) is 0 Å². The average molecular weight is 1070 g/mol. The number of ether oxygens (including phenoxy) is 8. The Labute approximate surface area is 457 Å². The predicted octanol–water partition coefficient (Wildman–Crippen LogP) is 4.86. The van der Waals surface area contributed by atoms with Crippen LogP contribution in [0.3, 0.4) is 0 Å². The van der Waals surface area contributed by atoms with Gasteiger partial charge in [0.1, 0.15) is 37.1 Å². The zero-order chi connectivity index (χ0) is 54.7. The van der Waals surface area contributed by atoms with Crippen LogP contribution in [0.1, 0.15) is 167 Å². The average Bonchev–Trinajstić information content (AvgIpc) is 3.25. The largest absolute Gasteiger partial charge is 1.00 e. The molecular formula is C53H87NaO18S. The first kappa shape index (κ1) is 68.1. The molecule has 0 amide bonds. The van der Waals surface area contributed by atoms with Gasteiger partial charge in [-0.3, -0.25) is 24.0 Å². The second-order valence-electron chi connectivity index (χ2n) is 21.4. The molecule has 0 aliphatic carbocycles. The normalized spacial score (nSPS) is 23.9. The summed E-state index contributed by atoms with van der Waals surface area (Å²) < 4.78 is 80.7. The van der Waals surface area contributed by atoms with Crippen molar-refractivity contribution in [1.82, 2.24) is 0 Å². The molecule has 0 aromatic rings. The van der Waals surface area contributed by atoms with E-state index < -0.39 is 119 Å². The third kappa shape index (κ3) is 25.2. The van der Waals surface area contributed by atoms with Crippen molar-refractivity contribution >= 4 is 45.9 Å². The predicted molar refractivity (Wildman–Crippen MR) is 265 cm³/mol. The molecule has 0 radical (unpaired) electrons. The molecule has 73 heavy (non-hydrogen) atoms. The Hall–Kier alpha value is -2.91. The molecule has 0 bridgehead atoms. The first-order valence-electron chi connectivity index (χ1n) is 25.8. The Balaban J connectivity index is 0.0000266. The number of aliphatic hydroxyl groups excluding tert-OH is 1. The van der Waals surface area contributed by atoms with Crippen LogP contribution in [0.15, 0.2) is 23.3 Å². The molecule has 0 aromatic heterocycles. The van der Waals surface area contributed by atoms with Crippen LogP contribution in [-0.4, -0.2) is 122 Å². The smallest absolute Gasteiger partial charge is 0.748 e. The summed E-state index contributed by atoms with van der Waals surface area (Å²) in [5, 5.41) is 11.8. The minimum Gasteiger partial charge on any atom is -0.748 e. The maximum atomic E-state index is 13.7. The summed E-state index contributed by atoms with van der Waals surface area (Å²) in [4.78, 5) is 77.7. The van der Waals surface area contributed by atoms with Crippen molar-refractivity contribution in [1.29, 1.82) is 0 Å². The zero-order valence-electron chi connectivity index (χ0n) is 46.4. The number of rotatable bonds is 29. The van der Waals surface area contributed by atoms with E-state index in [1.54, 1.807) is 26.8 Å². The fraction of sp³-hybridized carbons (Fsp3) is 0.811.